The van der Waals surface area contributed by atoms with Crippen LogP contribution in [-0.4, -0.2) is 51.5 Å². The quantitative estimate of drug-likeness (QED) is 0.796. The van der Waals surface area contributed by atoms with Gasteiger partial charge in [-0.15, -0.1) is 0 Å². The molecule has 1 fully saturated rings. The predicted molar refractivity (Wildman–Crippen MR) is 84.0 cm³/mol. The van der Waals surface area contributed by atoms with Gasteiger partial charge < -0.3 is 14.2 Å². The van der Waals surface area contributed by atoms with Crippen molar-refractivity contribution in [3.63, 3.8) is 0 Å². The lowest BCUT2D eigenvalue weighted by molar-refractivity contribution is -0.0838. The number of likely N-dealkylation sites (N-methyl/N-ethyl adjacent to an activating group) is 1. The molecule has 2 aromatic heterocycles. The summed E-state index contributed by atoms with van der Waals surface area (Å²) in [4.78, 5) is 6.73. The van der Waals surface area contributed by atoms with Crippen molar-refractivity contribution in [3.05, 3.63) is 41.7 Å². The fourth-order valence-corrected chi connectivity index (χ4v) is 3.05. The molecule has 23 heavy (non-hydrogen) atoms. The van der Waals surface area contributed by atoms with E-state index >= 15 is 0 Å². The second-order valence-corrected chi connectivity index (χ2v) is 6.17. The normalized spacial score (nSPS) is 22.7. The van der Waals surface area contributed by atoms with Crippen LogP contribution >= 0.6 is 0 Å². The molecule has 7 heteroatoms. The summed E-state index contributed by atoms with van der Waals surface area (Å²) in [6, 6.07) is 6.14. The van der Waals surface area contributed by atoms with Gasteiger partial charge in [-0.05, 0) is 31.7 Å². The van der Waals surface area contributed by atoms with E-state index in [0.29, 0.717) is 18.1 Å². The first-order chi connectivity index (χ1) is 11.2. The molecule has 1 N–H and O–H groups in total. The summed E-state index contributed by atoms with van der Waals surface area (Å²) in [6.45, 7) is 3.75. The summed E-state index contributed by atoms with van der Waals surface area (Å²) in [7, 11) is 2.07. The van der Waals surface area contributed by atoms with Crippen molar-refractivity contribution >= 4 is 10.9 Å². The number of nitrogens with zero attached hydrogens (tertiary/aromatic N) is 4. The first kappa shape index (κ1) is 14.3. The predicted octanol–water partition coefficient (Wildman–Crippen LogP) is 1.93. The Labute approximate surface area is 133 Å². The van der Waals surface area contributed by atoms with E-state index in [4.69, 9.17) is 9.26 Å². The van der Waals surface area contributed by atoms with E-state index in [0.717, 1.165) is 29.6 Å². The molecule has 3 heterocycles. The second-order valence-electron chi connectivity index (χ2n) is 6.17. The highest BCUT2D eigenvalue weighted by molar-refractivity contribution is 5.78. The maximum atomic E-state index is 5.90. The molecule has 0 amide bonds. The van der Waals surface area contributed by atoms with Gasteiger partial charge in [-0.25, -0.2) is 0 Å². The molecule has 120 valence electrons. The van der Waals surface area contributed by atoms with E-state index in [1.54, 1.807) is 0 Å². The minimum atomic E-state index is -0.152. The van der Waals surface area contributed by atoms with Gasteiger partial charge in [0.15, 0.2) is 5.82 Å². The topological polar surface area (TPSA) is 80.1 Å². The molecule has 0 aliphatic carbocycles. The number of fused-ring (bicyclic) bond motifs is 1. The Morgan fingerprint density at radius 2 is 2.26 bits per heavy atom. The van der Waals surface area contributed by atoms with Gasteiger partial charge in [0, 0.05) is 24.9 Å². The minimum Gasteiger partial charge on any atom is -0.363 e. The number of nitrogens with one attached hydrogen (secondary N) is 1. The van der Waals surface area contributed by atoms with Crippen LogP contribution in [0.3, 0.4) is 0 Å². The lowest BCUT2D eigenvalue weighted by Gasteiger charge is -2.32. The highest BCUT2D eigenvalue weighted by Gasteiger charge is 2.28. The molecule has 3 aromatic rings. The maximum absolute atomic E-state index is 5.90. The Morgan fingerprint density at radius 1 is 1.35 bits per heavy atom. The van der Waals surface area contributed by atoms with Crippen molar-refractivity contribution in [3.8, 4) is 0 Å². The van der Waals surface area contributed by atoms with Crippen LogP contribution in [-0.2, 0) is 11.2 Å². The van der Waals surface area contributed by atoms with Crippen molar-refractivity contribution in [1.82, 2.24) is 25.2 Å². The number of morpholine rings is 1. The minimum absolute atomic E-state index is 0.152. The van der Waals surface area contributed by atoms with Crippen LogP contribution < -0.4 is 0 Å². The van der Waals surface area contributed by atoms with Crippen LogP contribution in [0.2, 0.25) is 0 Å². The molecular formula is C16H19N5O2. The Balaban J connectivity index is 1.51. The number of ether oxygens (including phenoxy) is 1. The van der Waals surface area contributed by atoms with Gasteiger partial charge in [0.25, 0.3) is 5.89 Å². The van der Waals surface area contributed by atoms with E-state index < -0.39 is 0 Å². The molecule has 0 spiro atoms. The number of aromatic amines is 1. The molecule has 0 saturated carbocycles. The van der Waals surface area contributed by atoms with E-state index in [2.05, 4.69) is 45.3 Å². The number of H-pyrrole nitrogens is 1. The standard InChI is InChI=1S/C16H19N5O2/c1-10-8-21(2)9-14(22-10)16-18-15(20-23-16)6-11-3-4-13-12(5-11)7-17-19-13/h3-5,7,10,14H,6,8-9H2,1-2H3,(H,17,19)/t10-,14-/m1/s1. The van der Waals surface area contributed by atoms with Gasteiger partial charge in [-0.2, -0.15) is 10.1 Å². The van der Waals surface area contributed by atoms with Gasteiger partial charge in [-0.1, -0.05) is 11.2 Å². The molecule has 0 bridgehead atoms. The van der Waals surface area contributed by atoms with Crippen molar-refractivity contribution in [2.75, 3.05) is 20.1 Å². The lowest BCUT2D eigenvalue weighted by atomic mass is 10.1. The zero-order valence-electron chi connectivity index (χ0n) is 13.2. The summed E-state index contributed by atoms with van der Waals surface area (Å²) >= 11 is 0. The average Bonchev–Trinajstić information content (AvgIpc) is 3.14. The average molecular weight is 313 g/mol. The monoisotopic (exact) mass is 313 g/mol. The summed E-state index contributed by atoms with van der Waals surface area (Å²) < 4.78 is 11.3. The smallest absolute Gasteiger partial charge is 0.257 e. The van der Waals surface area contributed by atoms with E-state index in [-0.39, 0.29) is 12.2 Å². The summed E-state index contributed by atoms with van der Waals surface area (Å²) in [6.07, 6.45) is 2.45. The second kappa shape index (κ2) is 5.75. The fourth-order valence-electron chi connectivity index (χ4n) is 3.05. The lowest BCUT2D eigenvalue weighted by Crippen LogP contribution is -2.40. The first-order valence-corrected chi connectivity index (χ1v) is 7.76. The van der Waals surface area contributed by atoms with Crippen LogP contribution in [0, 0.1) is 0 Å². The summed E-state index contributed by atoms with van der Waals surface area (Å²) in [5.41, 5.74) is 2.15. The molecule has 0 unspecified atom stereocenters. The highest BCUT2D eigenvalue weighted by Crippen LogP contribution is 2.23. The molecule has 2 atom stereocenters. The van der Waals surface area contributed by atoms with E-state index in [1.165, 1.54) is 0 Å². The van der Waals surface area contributed by atoms with Gasteiger partial charge in [0.1, 0.15) is 6.10 Å². The highest BCUT2D eigenvalue weighted by atomic mass is 16.5. The third-order valence-electron chi connectivity index (χ3n) is 4.07. The van der Waals surface area contributed by atoms with Crippen LogP contribution in [0.1, 0.15) is 30.3 Å². The largest absolute Gasteiger partial charge is 0.363 e. The van der Waals surface area contributed by atoms with Gasteiger partial charge in [0.05, 0.1) is 17.8 Å². The molecule has 1 saturated heterocycles. The number of hydrogen-bond donors (Lipinski definition) is 1. The van der Waals surface area contributed by atoms with Gasteiger partial charge in [-0.3, -0.25) is 5.10 Å². The van der Waals surface area contributed by atoms with Crippen molar-refractivity contribution in [1.29, 1.82) is 0 Å². The summed E-state index contributed by atoms with van der Waals surface area (Å²) in [5.74, 6) is 1.23. The van der Waals surface area contributed by atoms with E-state index in [9.17, 15) is 0 Å². The third kappa shape index (κ3) is 2.97. The number of hydrogen-bond acceptors (Lipinski definition) is 6. The molecular weight excluding hydrogens is 294 g/mol. The SMILES string of the molecule is C[C@@H]1CN(C)C[C@H](c2nc(Cc3ccc4[nH]ncc4c3)no2)O1. The number of aromatic nitrogens is 4. The Hall–Kier alpha value is -2.25. The molecule has 1 aliphatic rings. The van der Waals surface area contributed by atoms with Crippen LogP contribution in [0.5, 0.6) is 0 Å². The molecule has 7 nitrogen and oxygen atoms in total. The third-order valence-corrected chi connectivity index (χ3v) is 4.07. The Morgan fingerprint density at radius 3 is 3.13 bits per heavy atom. The van der Waals surface area contributed by atoms with Crippen LogP contribution in [0.25, 0.3) is 10.9 Å². The van der Waals surface area contributed by atoms with Crippen LogP contribution in [0.15, 0.2) is 28.9 Å². The van der Waals surface area contributed by atoms with Crippen molar-refractivity contribution in [2.24, 2.45) is 0 Å². The first-order valence-electron chi connectivity index (χ1n) is 7.76. The molecule has 0 radical (unpaired) electrons. The number of rotatable bonds is 3. The zero-order chi connectivity index (χ0) is 15.8. The zero-order valence-corrected chi connectivity index (χ0v) is 13.2. The number of benzene rings is 1. The fraction of sp³-hybridized carbons (Fsp3) is 0.438. The maximum Gasteiger partial charge on any atom is 0.257 e. The molecule has 1 aliphatic heterocycles. The van der Waals surface area contributed by atoms with E-state index in [1.807, 2.05) is 18.3 Å². The van der Waals surface area contributed by atoms with Crippen LogP contribution in [0.4, 0.5) is 0 Å². The molecule has 1 aromatic carbocycles. The summed E-state index contributed by atoms with van der Waals surface area (Å²) in [5, 5.41) is 12.2. The Bertz CT molecular complexity index is 802. The van der Waals surface area contributed by atoms with Gasteiger partial charge in [0.2, 0.25) is 0 Å². The molecule has 4 rings (SSSR count). The van der Waals surface area contributed by atoms with Gasteiger partial charge >= 0.3 is 0 Å². The van der Waals surface area contributed by atoms with Crippen molar-refractivity contribution < 1.29 is 9.26 Å². The van der Waals surface area contributed by atoms with Crippen molar-refractivity contribution in [2.45, 2.75) is 25.6 Å². The Kier molecular flexibility index (Phi) is 3.59.